The van der Waals surface area contributed by atoms with Crippen molar-refractivity contribution in [2.24, 2.45) is 0 Å². The number of H-pyrrole nitrogens is 1. The minimum Gasteiger partial charge on any atom is -0.493 e. The molecule has 1 aromatic heterocycles. The number of hydrogen-bond donors (Lipinski definition) is 2. The van der Waals surface area contributed by atoms with Crippen LogP contribution in [0.3, 0.4) is 0 Å². The average Bonchev–Trinajstić information content (AvgIpc) is 3.18. The monoisotopic (exact) mass is 416 g/mol. The number of nitrogens with zero attached hydrogens (tertiary/aromatic N) is 2. The molecule has 0 aliphatic heterocycles. The SMILES string of the molecule is COc1cc(C(=O)Nc2cccc(-c3noc(=O)[nH]3)c2)c([N+](=O)[O-])c(OC)c1OC. The second kappa shape index (κ2) is 8.34. The number of methoxy groups -OCH3 is 3. The molecule has 0 aliphatic rings. The van der Waals surface area contributed by atoms with Gasteiger partial charge in [0.2, 0.25) is 11.5 Å². The Labute approximate surface area is 168 Å². The van der Waals surface area contributed by atoms with Gasteiger partial charge in [0.1, 0.15) is 5.56 Å². The van der Waals surface area contributed by atoms with E-state index < -0.39 is 22.3 Å². The standard InChI is InChI=1S/C18H16N4O8/c1-27-12-8-11(13(22(25)26)15(29-3)14(12)28-2)17(23)19-10-6-4-5-9(7-10)16-20-18(24)30-21-16/h4-8H,1-3H3,(H,19,23)(H,20,21,24). The molecular weight excluding hydrogens is 400 g/mol. The van der Waals surface area contributed by atoms with Crippen molar-refractivity contribution < 1.29 is 28.5 Å². The zero-order chi connectivity index (χ0) is 21.8. The third-order valence-electron chi connectivity index (χ3n) is 4.07. The summed E-state index contributed by atoms with van der Waals surface area (Å²) < 4.78 is 19.9. The summed E-state index contributed by atoms with van der Waals surface area (Å²) >= 11 is 0. The predicted molar refractivity (Wildman–Crippen MR) is 103 cm³/mol. The van der Waals surface area contributed by atoms with Crippen LogP contribution in [0.2, 0.25) is 0 Å². The molecule has 12 heteroatoms. The molecule has 0 bridgehead atoms. The summed E-state index contributed by atoms with van der Waals surface area (Å²) in [5.41, 5.74) is -0.123. The molecule has 30 heavy (non-hydrogen) atoms. The Kier molecular flexibility index (Phi) is 5.67. The Morgan fingerprint density at radius 2 is 1.90 bits per heavy atom. The van der Waals surface area contributed by atoms with Crippen molar-refractivity contribution in [1.29, 1.82) is 0 Å². The first-order chi connectivity index (χ1) is 14.4. The summed E-state index contributed by atoms with van der Waals surface area (Å²) in [6.07, 6.45) is 0. The number of aromatic amines is 1. The highest BCUT2D eigenvalue weighted by molar-refractivity contribution is 6.08. The van der Waals surface area contributed by atoms with E-state index in [0.717, 1.165) is 0 Å². The van der Waals surface area contributed by atoms with Crippen LogP contribution in [-0.4, -0.2) is 42.3 Å². The first-order valence-electron chi connectivity index (χ1n) is 8.34. The predicted octanol–water partition coefficient (Wildman–Crippen LogP) is 2.22. The minimum absolute atomic E-state index is 0.0137. The zero-order valence-corrected chi connectivity index (χ0v) is 16.0. The van der Waals surface area contributed by atoms with Crippen LogP contribution in [0.4, 0.5) is 11.4 Å². The maximum atomic E-state index is 12.9. The molecule has 0 aliphatic carbocycles. The van der Waals surface area contributed by atoms with E-state index in [-0.39, 0.29) is 28.6 Å². The molecule has 3 rings (SSSR count). The molecule has 0 atom stereocenters. The lowest BCUT2D eigenvalue weighted by Crippen LogP contribution is -2.15. The van der Waals surface area contributed by atoms with E-state index in [4.69, 9.17) is 14.2 Å². The van der Waals surface area contributed by atoms with Crippen LogP contribution < -0.4 is 25.3 Å². The second-order valence-electron chi connectivity index (χ2n) is 5.78. The van der Waals surface area contributed by atoms with Gasteiger partial charge >= 0.3 is 11.4 Å². The minimum atomic E-state index is -0.785. The van der Waals surface area contributed by atoms with E-state index in [1.165, 1.54) is 33.5 Å². The molecule has 0 radical (unpaired) electrons. The second-order valence-corrected chi connectivity index (χ2v) is 5.78. The lowest BCUT2D eigenvalue weighted by atomic mass is 10.1. The molecule has 1 amide bonds. The number of nitro benzene ring substituents is 1. The molecule has 2 N–H and O–H groups in total. The number of benzene rings is 2. The first kappa shape index (κ1) is 20.4. The highest BCUT2D eigenvalue weighted by atomic mass is 16.6. The van der Waals surface area contributed by atoms with Gasteiger partial charge in [0.25, 0.3) is 5.91 Å². The quantitative estimate of drug-likeness (QED) is 0.435. The smallest absolute Gasteiger partial charge is 0.439 e. The third-order valence-corrected chi connectivity index (χ3v) is 4.07. The van der Waals surface area contributed by atoms with Crippen LogP contribution in [0.5, 0.6) is 17.2 Å². The van der Waals surface area contributed by atoms with Gasteiger partial charge in [0, 0.05) is 17.3 Å². The Balaban J connectivity index is 2.03. The Morgan fingerprint density at radius 3 is 2.47 bits per heavy atom. The molecule has 0 spiro atoms. The van der Waals surface area contributed by atoms with Crippen LogP contribution >= 0.6 is 0 Å². The van der Waals surface area contributed by atoms with Crippen LogP contribution in [0, 0.1) is 10.1 Å². The number of anilines is 1. The van der Waals surface area contributed by atoms with Crippen molar-refractivity contribution in [3.05, 3.63) is 56.6 Å². The normalized spacial score (nSPS) is 10.4. The number of amides is 1. The van der Waals surface area contributed by atoms with Gasteiger partial charge in [0.15, 0.2) is 11.6 Å². The number of hydrogen-bond acceptors (Lipinski definition) is 9. The Hall–Kier alpha value is -4.35. The van der Waals surface area contributed by atoms with Crippen LogP contribution in [0.25, 0.3) is 11.4 Å². The zero-order valence-electron chi connectivity index (χ0n) is 16.0. The van der Waals surface area contributed by atoms with Gasteiger partial charge in [-0.3, -0.25) is 24.4 Å². The summed E-state index contributed by atoms with van der Waals surface area (Å²) in [6.45, 7) is 0. The number of nitro groups is 1. The lowest BCUT2D eigenvalue weighted by molar-refractivity contribution is -0.386. The highest BCUT2D eigenvalue weighted by Gasteiger charge is 2.32. The van der Waals surface area contributed by atoms with Crippen molar-refractivity contribution in [1.82, 2.24) is 10.1 Å². The van der Waals surface area contributed by atoms with Gasteiger partial charge in [-0.15, -0.1) is 0 Å². The van der Waals surface area contributed by atoms with Crippen LogP contribution in [-0.2, 0) is 0 Å². The van der Waals surface area contributed by atoms with E-state index in [1.54, 1.807) is 18.2 Å². The summed E-state index contributed by atoms with van der Waals surface area (Å²) in [6, 6.07) is 7.49. The number of aromatic nitrogens is 2. The number of carbonyl (C=O) groups is 1. The molecule has 0 fully saturated rings. The van der Waals surface area contributed by atoms with Crippen LogP contribution in [0.15, 0.2) is 39.6 Å². The summed E-state index contributed by atoms with van der Waals surface area (Å²) in [5, 5.41) is 17.8. The number of nitrogens with one attached hydrogen (secondary N) is 2. The Morgan fingerprint density at radius 1 is 1.17 bits per heavy atom. The molecule has 2 aromatic carbocycles. The molecule has 12 nitrogen and oxygen atoms in total. The molecule has 0 saturated carbocycles. The van der Waals surface area contributed by atoms with E-state index in [2.05, 4.69) is 20.0 Å². The summed E-state index contributed by atoms with van der Waals surface area (Å²) in [5.74, 6) is -1.53. The largest absolute Gasteiger partial charge is 0.493 e. The molecule has 1 heterocycles. The molecular formula is C18H16N4O8. The van der Waals surface area contributed by atoms with Crippen molar-refractivity contribution in [2.75, 3.05) is 26.6 Å². The number of rotatable bonds is 7. The van der Waals surface area contributed by atoms with Crippen LogP contribution in [0.1, 0.15) is 10.4 Å². The lowest BCUT2D eigenvalue weighted by Gasteiger charge is -2.15. The number of carbonyl (C=O) groups excluding carboxylic acids is 1. The summed E-state index contributed by atoms with van der Waals surface area (Å²) in [7, 11) is 3.84. The van der Waals surface area contributed by atoms with Gasteiger partial charge < -0.3 is 19.5 Å². The molecule has 3 aromatic rings. The van der Waals surface area contributed by atoms with Gasteiger partial charge in [-0.2, -0.15) is 0 Å². The average molecular weight is 416 g/mol. The fraction of sp³-hybridized carbons (Fsp3) is 0.167. The van der Waals surface area contributed by atoms with Crippen molar-refractivity contribution >= 4 is 17.3 Å². The van der Waals surface area contributed by atoms with Crippen molar-refractivity contribution in [3.63, 3.8) is 0 Å². The third kappa shape index (κ3) is 3.78. The van der Waals surface area contributed by atoms with E-state index in [0.29, 0.717) is 11.3 Å². The van der Waals surface area contributed by atoms with E-state index >= 15 is 0 Å². The van der Waals surface area contributed by atoms with Crippen molar-refractivity contribution in [3.8, 4) is 28.6 Å². The van der Waals surface area contributed by atoms with Gasteiger partial charge in [-0.25, -0.2) is 4.79 Å². The molecule has 156 valence electrons. The van der Waals surface area contributed by atoms with E-state index in [1.807, 2.05) is 0 Å². The maximum Gasteiger partial charge on any atom is 0.439 e. The van der Waals surface area contributed by atoms with Gasteiger partial charge in [-0.1, -0.05) is 17.3 Å². The van der Waals surface area contributed by atoms with E-state index in [9.17, 15) is 19.7 Å². The fourth-order valence-electron chi connectivity index (χ4n) is 2.79. The van der Waals surface area contributed by atoms with Gasteiger partial charge in [0.05, 0.1) is 26.3 Å². The first-order valence-corrected chi connectivity index (χ1v) is 8.34. The number of ether oxygens (including phenoxy) is 3. The summed E-state index contributed by atoms with van der Waals surface area (Å²) in [4.78, 5) is 37.3. The topological polar surface area (TPSA) is 159 Å². The fourth-order valence-corrected chi connectivity index (χ4v) is 2.79. The maximum absolute atomic E-state index is 12.9. The Bertz CT molecular complexity index is 1170. The van der Waals surface area contributed by atoms with Gasteiger partial charge in [-0.05, 0) is 12.1 Å². The molecule has 0 unspecified atom stereocenters. The molecule has 0 saturated heterocycles. The van der Waals surface area contributed by atoms with Crippen molar-refractivity contribution in [2.45, 2.75) is 0 Å². The highest BCUT2D eigenvalue weighted by Crippen LogP contribution is 2.46.